The number of hydrogen-bond donors (Lipinski definition) is 1. The molecule has 1 N–H and O–H groups in total. The maximum Gasteiger partial charge on any atom is 0.135 e. The summed E-state index contributed by atoms with van der Waals surface area (Å²) in [6.07, 6.45) is 1.25. The molecule has 0 bridgehead atoms. The van der Waals surface area contributed by atoms with Crippen LogP contribution in [-0.2, 0) is 0 Å². The summed E-state index contributed by atoms with van der Waals surface area (Å²) in [5, 5.41) is 3.52. The van der Waals surface area contributed by atoms with E-state index in [9.17, 15) is 0 Å². The highest BCUT2D eigenvalue weighted by molar-refractivity contribution is 9.10. The number of rotatable bonds is 3. The van der Waals surface area contributed by atoms with Crippen molar-refractivity contribution in [2.24, 2.45) is 0 Å². The lowest BCUT2D eigenvalue weighted by Gasteiger charge is -2.14. The number of methoxy groups -OCH3 is 1. The number of ether oxygens (including phenoxy) is 1. The summed E-state index contributed by atoms with van der Waals surface area (Å²) in [4.78, 5) is 0. The van der Waals surface area contributed by atoms with Crippen LogP contribution in [0, 0.1) is 0 Å². The molecule has 1 aromatic carbocycles. The Hall–Kier alpha value is -0.350. The molecule has 1 aliphatic rings. The van der Waals surface area contributed by atoms with Gasteiger partial charge in [0, 0.05) is 23.5 Å². The number of halogens is 1. The van der Waals surface area contributed by atoms with Crippen LogP contribution >= 0.6 is 27.7 Å². The van der Waals surface area contributed by atoms with Gasteiger partial charge in [0.05, 0.1) is 11.6 Å². The molecule has 0 spiro atoms. The molecule has 0 aromatic heterocycles. The molecule has 4 heteroatoms. The molecule has 2 rings (SSSR count). The van der Waals surface area contributed by atoms with E-state index < -0.39 is 0 Å². The highest BCUT2D eigenvalue weighted by atomic mass is 79.9. The Morgan fingerprint density at radius 2 is 2.40 bits per heavy atom. The van der Waals surface area contributed by atoms with Crippen molar-refractivity contribution in [1.29, 1.82) is 0 Å². The normalized spacial score (nSPS) is 20.3. The number of hydrogen-bond acceptors (Lipinski definition) is 3. The molecule has 1 fully saturated rings. The van der Waals surface area contributed by atoms with Crippen LogP contribution in [0.4, 0.5) is 5.69 Å². The van der Waals surface area contributed by atoms with Crippen LogP contribution in [0.15, 0.2) is 22.7 Å². The second-order valence-electron chi connectivity index (χ2n) is 3.55. The van der Waals surface area contributed by atoms with Crippen LogP contribution in [0.2, 0.25) is 0 Å². The molecule has 1 heterocycles. The maximum atomic E-state index is 5.26. The van der Waals surface area contributed by atoms with Crippen molar-refractivity contribution in [2.45, 2.75) is 12.5 Å². The first-order valence-electron chi connectivity index (χ1n) is 4.97. The minimum absolute atomic E-state index is 0.612. The molecule has 0 amide bonds. The monoisotopic (exact) mass is 287 g/mol. The van der Waals surface area contributed by atoms with Gasteiger partial charge in [0.1, 0.15) is 5.75 Å². The molecule has 2 nitrogen and oxygen atoms in total. The Morgan fingerprint density at radius 3 is 3.07 bits per heavy atom. The first kappa shape index (κ1) is 11.1. The van der Waals surface area contributed by atoms with Gasteiger partial charge in [-0.25, -0.2) is 0 Å². The lowest BCUT2D eigenvalue weighted by Crippen LogP contribution is -2.17. The van der Waals surface area contributed by atoms with Crippen molar-refractivity contribution in [3.05, 3.63) is 22.7 Å². The molecule has 0 radical (unpaired) electrons. The highest BCUT2D eigenvalue weighted by Gasteiger charge is 2.15. The number of benzene rings is 1. The van der Waals surface area contributed by atoms with Gasteiger partial charge in [-0.1, -0.05) is 0 Å². The molecule has 0 aliphatic carbocycles. The average molecular weight is 288 g/mol. The van der Waals surface area contributed by atoms with E-state index in [-0.39, 0.29) is 0 Å². The lowest BCUT2D eigenvalue weighted by atomic mass is 10.2. The Labute approximate surface area is 103 Å². The summed E-state index contributed by atoms with van der Waals surface area (Å²) in [5.41, 5.74) is 1.14. The molecule has 1 aromatic rings. The molecule has 15 heavy (non-hydrogen) atoms. The lowest BCUT2D eigenvalue weighted by molar-refractivity contribution is 0.412. The van der Waals surface area contributed by atoms with E-state index in [1.165, 1.54) is 17.9 Å². The van der Waals surface area contributed by atoms with E-state index in [1.807, 2.05) is 23.9 Å². The summed E-state index contributed by atoms with van der Waals surface area (Å²) in [6, 6.07) is 6.74. The number of anilines is 1. The van der Waals surface area contributed by atoms with Crippen molar-refractivity contribution in [2.75, 3.05) is 23.9 Å². The van der Waals surface area contributed by atoms with E-state index >= 15 is 0 Å². The Kier molecular flexibility index (Phi) is 3.81. The fourth-order valence-electron chi connectivity index (χ4n) is 1.63. The third kappa shape index (κ3) is 2.82. The smallest absolute Gasteiger partial charge is 0.135 e. The SMILES string of the molecule is COc1cc(NC2CCSC2)ccc1Br. The summed E-state index contributed by atoms with van der Waals surface area (Å²) < 4.78 is 6.25. The van der Waals surface area contributed by atoms with E-state index in [4.69, 9.17) is 4.74 Å². The van der Waals surface area contributed by atoms with E-state index in [1.54, 1.807) is 7.11 Å². The molecule has 1 aliphatic heterocycles. The summed E-state index contributed by atoms with van der Waals surface area (Å²) >= 11 is 5.46. The van der Waals surface area contributed by atoms with Crippen LogP contribution in [-0.4, -0.2) is 24.7 Å². The van der Waals surface area contributed by atoms with Crippen LogP contribution < -0.4 is 10.1 Å². The predicted octanol–water partition coefficient (Wildman–Crippen LogP) is 3.38. The van der Waals surface area contributed by atoms with Gasteiger partial charge in [0.15, 0.2) is 0 Å². The average Bonchev–Trinajstić information content (AvgIpc) is 2.73. The number of nitrogens with one attached hydrogen (secondary N) is 1. The van der Waals surface area contributed by atoms with Gasteiger partial charge in [-0.05, 0) is 40.2 Å². The summed E-state index contributed by atoms with van der Waals surface area (Å²) in [6.45, 7) is 0. The number of thioether (sulfide) groups is 1. The minimum Gasteiger partial charge on any atom is -0.495 e. The Balaban J connectivity index is 2.07. The van der Waals surface area contributed by atoms with E-state index in [2.05, 4.69) is 27.3 Å². The van der Waals surface area contributed by atoms with Crippen molar-refractivity contribution < 1.29 is 4.74 Å². The Morgan fingerprint density at radius 1 is 1.53 bits per heavy atom. The molecule has 1 saturated heterocycles. The third-order valence-electron chi connectivity index (χ3n) is 2.45. The molecule has 82 valence electrons. The minimum atomic E-state index is 0.612. The van der Waals surface area contributed by atoms with Crippen LogP contribution in [0.25, 0.3) is 0 Å². The summed E-state index contributed by atoms with van der Waals surface area (Å²) in [5.74, 6) is 3.36. The maximum absolute atomic E-state index is 5.26. The van der Waals surface area contributed by atoms with Crippen molar-refractivity contribution in [1.82, 2.24) is 0 Å². The Bertz CT molecular complexity index is 339. The zero-order valence-electron chi connectivity index (χ0n) is 8.63. The second-order valence-corrected chi connectivity index (χ2v) is 5.56. The predicted molar refractivity (Wildman–Crippen MR) is 70.0 cm³/mol. The zero-order chi connectivity index (χ0) is 10.7. The van der Waals surface area contributed by atoms with Crippen LogP contribution in [0.5, 0.6) is 5.75 Å². The first-order valence-corrected chi connectivity index (χ1v) is 6.92. The standard InChI is InChI=1S/C11H14BrNOS/c1-14-11-6-8(2-3-10(11)12)13-9-4-5-15-7-9/h2-3,6,9,13H,4-5,7H2,1H3. The summed E-state index contributed by atoms with van der Waals surface area (Å²) in [7, 11) is 1.69. The van der Waals surface area contributed by atoms with Gasteiger partial charge in [0.2, 0.25) is 0 Å². The topological polar surface area (TPSA) is 21.3 Å². The highest BCUT2D eigenvalue weighted by Crippen LogP contribution is 2.29. The molecule has 1 atom stereocenters. The van der Waals surface area contributed by atoms with Gasteiger partial charge >= 0.3 is 0 Å². The van der Waals surface area contributed by atoms with Gasteiger partial charge < -0.3 is 10.1 Å². The quantitative estimate of drug-likeness (QED) is 0.921. The van der Waals surface area contributed by atoms with Gasteiger partial charge in [0.25, 0.3) is 0 Å². The third-order valence-corrected chi connectivity index (χ3v) is 4.27. The molecule has 0 saturated carbocycles. The largest absolute Gasteiger partial charge is 0.495 e. The fourth-order valence-corrected chi connectivity index (χ4v) is 3.19. The molecular formula is C11H14BrNOS. The van der Waals surface area contributed by atoms with Crippen molar-refractivity contribution in [3.63, 3.8) is 0 Å². The molecule has 1 unspecified atom stereocenters. The van der Waals surface area contributed by atoms with Gasteiger partial charge in [-0.15, -0.1) is 0 Å². The van der Waals surface area contributed by atoms with E-state index in [0.717, 1.165) is 15.9 Å². The van der Waals surface area contributed by atoms with Gasteiger partial charge in [-0.2, -0.15) is 11.8 Å². The first-order chi connectivity index (χ1) is 7.29. The molecular weight excluding hydrogens is 274 g/mol. The zero-order valence-corrected chi connectivity index (χ0v) is 11.0. The fraction of sp³-hybridized carbons (Fsp3) is 0.455. The second kappa shape index (κ2) is 5.12. The van der Waals surface area contributed by atoms with Crippen LogP contribution in [0.3, 0.4) is 0 Å². The van der Waals surface area contributed by atoms with E-state index in [0.29, 0.717) is 6.04 Å². The van der Waals surface area contributed by atoms with Gasteiger partial charge in [-0.3, -0.25) is 0 Å². The van der Waals surface area contributed by atoms with Crippen LogP contribution in [0.1, 0.15) is 6.42 Å². The van der Waals surface area contributed by atoms with Crippen molar-refractivity contribution >= 4 is 33.4 Å². The van der Waals surface area contributed by atoms with Crippen molar-refractivity contribution in [3.8, 4) is 5.75 Å².